The predicted molar refractivity (Wildman–Crippen MR) is 74.5 cm³/mol. The molecule has 1 fully saturated rings. The van der Waals surface area contributed by atoms with Crippen molar-refractivity contribution in [2.24, 2.45) is 0 Å². The quantitative estimate of drug-likeness (QED) is 0.872. The lowest BCUT2D eigenvalue weighted by Gasteiger charge is -2.17. The van der Waals surface area contributed by atoms with Crippen LogP contribution in [-0.4, -0.2) is 17.9 Å². The molecule has 2 N–H and O–H groups in total. The lowest BCUT2D eigenvalue weighted by Crippen LogP contribution is -2.42. The molecule has 0 saturated carbocycles. The second-order valence-electron chi connectivity index (χ2n) is 5.07. The summed E-state index contributed by atoms with van der Waals surface area (Å²) in [7, 11) is 0. The smallest absolute Gasteiger partial charge is 0.243 e. The molecule has 2 aliphatic rings. The molecule has 0 radical (unpaired) electrons. The van der Waals surface area contributed by atoms with Crippen LogP contribution in [-0.2, 0) is 16.0 Å². The van der Waals surface area contributed by atoms with Gasteiger partial charge >= 0.3 is 0 Å². The molecule has 5 heteroatoms. The summed E-state index contributed by atoms with van der Waals surface area (Å²) >= 11 is 3.55. The van der Waals surface area contributed by atoms with Gasteiger partial charge in [0.1, 0.15) is 6.04 Å². The molecule has 1 aliphatic carbocycles. The molecular formula is C14H15BrN2O2. The molecule has 2 atom stereocenters. The van der Waals surface area contributed by atoms with Crippen molar-refractivity contribution < 1.29 is 9.59 Å². The van der Waals surface area contributed by atoms with E-state index in [0.717, 1.165) is 17.3 Å². The van der Waals surface area contributed by atoms with E-state index in [2.05, 4.69) is 32.6 Å². The first-order valence-electron chi connectivity index (χ1n) is 6.52. The molecule has 0 aromatic heterocycles. The van der Waals surface area contributed by atoms with E-state index >= 15 is 0 Å². The zero-order valence-corrected chi connectivity index (χ0v) is 12.0. The summed E-state index contributed by atoms with van der Waals surface area (Å²) < 4.78 is 1.11. The minimum Gasteiger partial charge on any atom is -0.347 e. The second kappa shape index (κ2) is 4.96. The fourth-order valence-corrected chi connectivity index (χ4v) is 3.42. The van der Waals surface area contributed by atoms with Crippen LogP contribution >= 0.6 is 15.9 Å². The van der Waals surface area contributed by atoms with Gasteiger partial charge in [-0.25, -0.2) is 0 Å². The number of fused-ring (bicyclic) bond motifs is 1. The van der Waals surface area contributed by atoms with Crippen molar-refractivity contribution in [2.75, 3.05) is 0 Å². The van der Waals surface area contributed by atoms with Crippen LogP contribution in [0.2, 0.25) is 0 Å². The van der Waals surface area contributed by atoms with Gasteiger partial charge in [0, 0.05) is 10.9 Å². The SMILES string of the molecule is O=C1CC[C@H](C(=O)N[C@H]2CCc3c(Br)cccc32)N1. The Balaban J connectivity index is 1.71. The van der Waals surface area contributed by atoms with Crippen molar-refractivity contribution in [1.29, 1.82) is 0 Å². The molecule has 1 heterocycles. The van der Waals surface area contributed by atoms with Crippen molar-refractivity contribution >= 4 is 27.7 Å². The third kappa shape index (κ3) is 2.39. The summed E-state index contributed by atoms with van der Waals surface area (Å²) in [6.07, 6.45) is 2.94. The van der Waals surface area contributed by atoms with Crippen molar-refractivity contribution in [2.45, 2.75) is 37.8 Å². The number of benzene rings is 1. The van der Waals surface area contributed by atoms with Gasteiger partial charge in [0.15, 0.2) is 0 Å². The maximum Gasteiger partial charge on any atom is 0.243 e. The molecular weight excluding hydrogens is 308 g/mol. The number of carbonyl (C=O) groups is 2. The van der Waals surface area contributed by atoms with Crippen LogP contribution in [0.15, 0.2) is 22.7 Å². The molecule has 0 bridgehead atoms. The van der Waals surface area contributed by atoms with Crippen LogP contribution in [0.5, 0.6) is 0 Å². The van der Waals surface area contributed by atoms with E-state index < -0.39 is 0 Å². The molecule has 4 nitrogen and oxygen atoms in total. The first-order valence-corrected chi connectivity index (χ1v) is 7.31. The highest BCUT2D eigenvalue weighted by Crippen LogP contribution is 2.35. The summed E-state index contributed by atoms with van der Waals surface area (Å²) in [5.74, 6) is -0.0987. The summed E-state index contributed by atoms with van der Waals surface area (Å²) in [5.41, 5.74) is 2.47. The van der Waals surface area contributed by atoms with Crippen molar-refractivity contribution in [3.63, 3.8) is 0 Å². The third-order valence-electron chi connectivity index (χ3n) is 3.84. The van der Waals surface area contributed by atoms with Gasteiger partial charge in [0.2, 0.25) is 11.8 Å². The van der Waals surface area contributed by atoms with Gasteiger partial charge in [-0.15, -0.1) is 0 Å². The highest BCUT2D eigenvalue weighted by molar-refractivity contribution is 9.10. The van der Waals surface area contributed by atoms with Crippen LogP contribution < -0.4 is 10.6 Å². The van der Waals surface area contributed by atoms with Crippen LogP contribution in [0.25, 0.3) is 0 Å². The standard InChI is InChI=1S/C14H15BrN2O2/c15-10-3-1-2-9-8(10)4-5-11(9)17-14(19)12-6-7-13(18)16-12/h1-3,11-12H,4-7H2,(H,16,18)(H,17,19)/t11-,12+/m0/s1. The summed E-state index contributed by atoms with van der Waals surface area (Å²) in [6, 6.07) is 5.79. The third-order valence-corrected chi connectivity index (χ3v) is 4.58. The summed E-state index contributed by atoms with van der Waals surface area (Å²) in [6.45, 7) is 0. The van der Waals surface area contributed by atoms with Crippen molar-refractivity contribution in [1.82, 2.24) is 10.6 Å². The Labute approximate surface area is 120 Å². The fourth-order valence-electron chi connectivity index (χ4n) is 2.84. The molecule has 1 aliphatic heterocycles. The maximum absolute atomic E-state index is 12.1. The molecule has 1 saturated heterocycles. The molecule has 19 heavy (non-hydrogen) atoms. The van der Waals surface area contributed by atoms with Crippen LogP contribution in [0.4, 0.5) is 0 Å². The minimum atomic E-state index is -0.358. The number of nitrogens with one attached hydrogen (secondary N) is 2. The Morgan fingerprint density at radius 3 is 2.89 bits per heavy atom. The lowest BCUT2D eigenvalue weighted by atomic mass is 10.1. The van der Waals surface area contributed by atoms with E-state index in [-0.39, 0.29) is 23.9 Å². The highest BCUT2D eigenvalue weighted by Gasteiger charge is 2.31. The molecule has 100 valence electrons. The Hall–Kier alpha value is -1.36. The van der Waals surface area contributed by atoms with E-state index in [1.54, 1.807) is 0 Å². The Morgan fingerprint density at radius 2 is 2.16 bits per heavy atom. The Kier molecular flexibility index (Phi) is 3.31. The predicted octanol–water partition coefficient (Wildman–Crippen LogP) is 1.83. The van der Waals surface area contributed by atoms with E-state index in [1.165, 1.54) is 11.1 Å². The largest absolute Gasteiger partial charge is 0.347 e. The topological polar surface area (TPSA) is 58.2 Å². The highest BCUT2D eigenvalue weighted by atomic mass is 79.9. The van der Waals surface area contributed by atoms with E-state index in [4.69, 9.17) is 0 Å². The number of halogens is 1. The van der Waals surface area contributed by atoms with Crippen LogP contribution in [0.1, 0.15) is 36.4 Å². The fraction of sp³-hybridized carbons (Fsp3) is 0.429. The van der Waals surface area contributed by atoms with Gasteiger partial charge in [0.25, 0.3) is 0 Å². The Morgan fingerprint density at radius 1 is 1.32 bits per heavy atom. The van der Waals surface area contributed by atoms with Gasteiger partial charge in [-0.3, -0.25) is 9.59 Å². The molecule has 1 aromatic carbocycles. The van der Waals surface area contributed by atoms with Crippen molar-refractivity contribution in [3.8, 4) is 0 Å². The maximum atomic E-state index is 12.1. The van der Waals surface area contributed by atoms with E-state index in [1.807, 2.05) is 12.1 Å². The number of rotatable bonds is 2. The van der Waals surface area contributed by atoms with Gasteiger partial charge < -0.3 is 10.6 Å². The van der Waals surface area contributed by atoms with Crippen molar-refractivity contribution in [3.05, 3.63) is 33.8 Å². The zero-order valence-electron chi connectivity index (χ0n) is 10.4. The minimum absolute atomic E-state index is 0.0327. The van der Waals surface area contributed by atoms with Gasteiger partial charge in [-0.05, 0) is 36.5 Å². The van der Waals surface area contributed by atoms with Gasteiger partial charge in [-0.2, -0.15) is 0 Å². The average Bonchev–Trinajstić information content (AvgIpc) is 2.98. The molecule has 3 rings (SSSR count). The number of hydrogen-bond donors (Lipinski definition) is 2. The molecule has 0 spiro atoms. The Bertz CT molecular complexity index is 544. The van der Waals surface area contributed by atoms with Crippen LogP contribution in [0.3, 0.4) is 0 Å². The van der Waals surface area contributed by atoms with Crippen LogP contribution in [0, 0.1) is 0 Å². The molecule has 1 aromatic rings. The summed E-state index contributed by atoms with van der Waals surface area (Å²) in [4.78, 5) is 23.2. The first kappa shape index (κ1) is 12.7. The second-order valence-corrected chi connectivity index (χ2v) is 5.92. The van der Waals surface area contributed by atoms with E-state index in [9.17, 15) is 9.59 Å². The monoisotopic (exact) mass is 322 g/mol. The van der Waals surface area contributed by atoms with Gasteiger partial charge in [-0.1, -0.05) is 28.1 Å². The lowest BCUT2D eigenvalue weighted by molar-refractivity contribution is -0.126. The number of hydrogen-bond acceptors (Lipinski definition) is 2. The first-order chi connectivity index (χ1) is 9.15. The zero-order chi connectivity index (χ0) is 13.4. The molecule has 2 amide bonds. The normalized spacial score (nSPS) is 25.0. The summed E-state index contributed by atoms with van der Waals surface area (Å²) in [5, 5.41) is 5.75. The van der Waals surface area contributed by atoms with Gasteiger partial charge in [0.05, 0.1) is 6.04 Å². The number of carbonyl (C=O) groups excluding carboxylic acids is 2. The van der Waals surface area contributed by atoms with E-state index in [0.29, 0.717) is 12.8 Å². The average molecular weight is 323 g/mol. The number of amides is 2. The molecule has 0 unspecified atom stereocenters.